The van der Waals surface area contributed by atoms with Gasteiger partial charge in [0.15, 0.2) is 0 Å². The first-order chi connectivity index (χ1) is 10.0. The minimum atomic E-state index is -0.0738. The van der Waals surface area contributed by atoms with Crippen molar-refractivity contribution < 1.29 is 4.79 Å². The molecule has 0 fully saturated rings. The van der Waals surface area contributed by atoms with Crippen LogP contribution in [0.5, 0.6) is 0 Å². The molecule has 0 bridgehead atoms. The Morgan fingerprint density at radius 2 is 2.00 bits per heavy atom. The predicted molar refractivity (Wildman–Crippen MR) is 91.7 cm³/mol. The van der Waals surface area contributed by atoms with Gasteiger partial charge in [-0.3, -0.25) is 4.79 Å². The average Bonchev–Trinajstić information content (AvgIpc) is 2.45. The lowest BCUT2D eigenvalue weighted by atomic mass is 10.0. The summed E-state index contributed by atoms with van der Waals surface area (Å²) in [6, 6.07) is 1.79. The van der Waals surface area contributed by atoms with Crippen molar-refractivity contribution in [2.75, 3.05) is 18.9 Å². The highest BCUT2D eigenvalue weighted by Gasteiger charge is 2.11. The summed E-state index contributed by atoms with van der Waals surface area (Å²) in [6.07, 6.45) is 7.70. The molecule has 0 unspecified atom stereocenters. The number of pyridine rings is 1. The molecule has 4 nitrogen and oxygen atoms in total. The summed E-state index contributed by atoms with van der Waals surface area (Å²) in [5, 5.41) is 5.90. The number of halogens is 1. The number of nitrogens with one attached hydrogen (secondary N) is 2. The van der Waals surface area contributed by atoms with Gasteiger partial charge in [0.1, 0.15) is 5.82 Å². The van der Waals surface area contributed by atoms with Gasteiger partial charge in [0.05, 0.1) is 5.56 Å². The van der Waals surface area contributed by atoms with Crippen molar-refractivity contribution in [2.45, 2.75) is 46.0 Å². The second kappa shape index (κ2) is 9.77. The summed E-state index contributed by atoms with van der Waals surface area (Å²) in [6.45, 7) is 5.23. The van der Waals surface area contributed by atoms with E-state index in [1.807, 2.05) is 0 Å². The van der Waals surface area contributed by atoms with Gasteiger partial charge in [-0.2, -0.15) is 0 Å². The van der Waals surface area contributed by atoms with E-state index in [0.29, 0.717) is 11.4 Å². The first-order valence-corrected chi connectivity index (χ1v) is 8.45. The lowest BCUT2D eigenvalue weighted by Crippen LogP contribution is -2.25. The van der Waals surface area contributed by atoms with Gasteiger partial charge in [-0.15, -0.1) is 0 Å². The fourth-order valence-corrected chi connectivity index (χ4v) is 2.47. The second-order valence-electron chi connectivity index (χ2n) is 5.65. The third-order valence-electron chi connectivity index (χ3n) is 3.33. The number of anilines is 1. The summed E-state index contributed by atoms with van der Waals surface area (Å²) in [5.74, 6) is 1.32. The summed E-state index contributed by atoms with van der Waals surface area (Å²) < 4.78 is 0.806. The standard InChI is InChI=1S/C16H26BrN3O/c1-12(2)8-6-4-5-7-9-19-16(21)14-10-13(17)11-20-15(14)18-3/h10-12H,4-9H2,1-3H3,(H,18,20)(H,19,21). The summed E-state index contributed by atoms with van der Waals surface area (Å²) in [4.78, 5) is 16.3. The Morgan fingerprint density at radius 1 is 1.29 bits per heavy atom. The Hall–Kier alpha value is -1.10. The van der Waals surface area contributed by atoms with E-state index in [2.05, 4.69) is 45.4 Å². The van der Waals surface area contributed by atoms with Crippen LogP contribution in [0.4, 0.5) is 5.82 Å². The van der Waals surface area contributed by atoms with Crippen LogP contribution in [0.2, 0.25) is 0 Å². The van der Waals surface area contributed by atoms with E-state index < -0.39 is 0 Å². The molecule has 0 atom stereocenters. The molecule has 0 spiro atoms. The van der Waals surface area contributed by atoms with Crippen molar-refractivity contribution in [1.29, 1.82) is 0 Å². The van der Waals surface area contributed by atoms with Gasteiger partial charge < -0.3 is 10.6 Å². The van der Waals surface area contributed by atoms with E-state index in [1.54, 1.807) is 19.3 Å². The number of amides is 1. The van der Waals surface area contributed by atoms with Crippen LogP contribution in [-0.4, -0.2) is 24.5 Å². The largest absolute Gasteiger partial charge is 0.372 e. The minimum Gasteiger partial charge on any atom is -0.372 e. The normalized spacial score (nSPS) is 10.7. The number of nitrogens with zero attached hydrogens (tertiary/aromatic N) is 1. The smallest absolute Gasteiger partial charge is 0.255 e. The Morgan fingerprint density at radius 3 is 2.67 bits per heavy atom. The summed E-state index contributed by atoms with van der Waals surface area (Å²) in [5.41, 5.74) is 0.576. The highest BCUT2D eigenvalue weighted by atomic mass is 79.9. The molecular weight excluding hydrogens is 330 g/mol. The number of hydrogen-bond acceptors (Lipinski definition) is 3. The Balaban J connectivity index is 2.29. The topological polar surface area (TPSA) is 54.0 Å². The van der Waals surface area contributed by atoms with Crippen LogP contribution in [0.1, 0.15) is 56.3 Å². The number of aromatic nitrogens is 1. The van der Waals surface area contributed by atoms with Crippen LogP contribution in [0, 0.1) is 5.92 Å². The van der Waals surface area contributed by atoms with Crippen molar-refractivity contribution in [3.63, 3.8) is 0 Å². The lowest BCUT2D eigenvalue weighted by molar-refractivity contribution is 0.0953. The molecule has 1 aromatic heterocycles. The van der Waals surface area contributed by atoms with Crippen LogP contribution >= 0.6 is 15.9 Å². The van der Waals surface area contributed by atoms with Gasteiger partial charge in [0.2, 0.25) is 0 Å². The molecule has 21 heavy (non-hydrogen) atoms. The molecule has 1 amide bonds. The summed E-state index contributed by atoms with van der Waals surface area (Å²) >= 11 is 3.35. The Labute approximate surface area is 136 Å². The van der Waals surface area contributed by atoms with Crippen LogP contribution in [0.3, 0.4) is 0 Å². The van der Waals surface area contributed by atoms with Gasteiger partial charge in [-0.25, -0.2) is 4.98 Å². The third-order valence-corrected chi connectivity index (χ3v) is 3.76. The van der Waals surface area contributed by atoms with Crippen molar-refractivity contribution in [2.24, 2.45) is 5.92 Å². The van der Waals surface area contributed by atoms with Gasteiger partial charge >= 0.3 is 0 Å². The van der Waals surface area contributed by atoms with Gasteiger partial charge in [-0.05, 0) is 34.3 Å². The highest BCUT2D eigenvalue weighted by molar-refractivity contribution is 9.10. The number of carbonyl (C=O) groups excluding carboxylic acids is 1. The fourth-order valence-electron chi connectivity index (χ4n) is 2.14. The van der Waals surface area contributed by atoms with Crippen molar-refractivity contribution in [1.82, 2.24) is 10.3 Å². The fraction of sp³-hybridized carbons (Fsp3) is 0.625. The maximum absolute atomic E-state index is 12.1. The maximum atomic E-state index is 12.1. The molecule has 118 valence electrons. The number of rotatable bonds is 9. The monoisotopic (exact) mass is 355 g/mol. The zero-order chi connectivity index (χ0) is 15.7. The molecule has 0 aliphatic heterocycles. The molecular formula is C16H26BrN3O. The van der Waals surface area contributed by atoms with Crippen LogP contribution in [-0.2, 0) is 0 Å². The predicted octanol–water partition coefficient (Wildman–Crippen LogP) is 4.22. The minimum absolute atomic E-state index is 0.0738. The van der Waals surface area contributed by atoms with Crippen molar-refractivity contribution in [3.05, 3.63) is 22.3 Å². The van der Waals surface area contributed by atoms with Crippen LogP contribution in [0.25, 0.3) is 0 Å². The van der Waals surface area contributed by atoms with E-state index in [1.165, 1.54) is 25.7 Å². The molecule has 5 heteroatoms. The molecule has 1 rings (SSSR count). The SMILES string of the molecule is CNc1ncc(Br)cc1C(=O)NCCCCCCC(C)C. The molecule has 0 aromatic carbocycles. The van der Waals surface area contributed by atoms with Crippen molar-refractivity contribution >= 4 is 27.7 Å². The lowest BCUT2D eigenvalue weighted by Gasteiger charge is -2.09. The van der Waals surface area contributed by atoms with Crippen LogP contribution < -0.4 is 10.6 Å². The number of unbranched alkanes of at least 4 members (excludes halogenated alkanes) is 3. The number of hydrogen-bond donors (Lipinski definition) is 2. The molecule has 1 aromatic rings. The quantitative estimate of drug-likeness (QED) is 0.652. The molecule has 2 N–H and O–H groups in total. The van der Waals surface area contributed by atoms with E-state index in [9.17, 15) is 4.79 Å². The molecule has 1 heterocycles. The Bertz CT molecular complexity index is 449. The van der Waals surface area contributed by atoms with E-state index in [4.69, 9.17) is 0 Å². The van der Waals surface area contributed by atoms with Gasteiger partial charge in [0.25, 0.3) is 5.91 Å². The zero-order valence-electron chi connectivity index (χ0n) is 13.2. The maximum Gasteiger partial charge on any atom is 0.255 e. The molecule has 0 saturated carbocycles. The van der Waals surface area contributed by atoms with E-state index in [0.717, 1.165) is 23.4 Å². The van der Waals surface area contributed by atoms with Crippen LogP contribution in [0.15, 0.2) is 16.7 Å². The molecule has 0 aliphatic carbocycles. The number of carbonyl (C=O) groups is 1. The van der Waals surface area contributed by atoms with Gasteiger partial charge in [-0.1, -0.05) is 39.5 Å². The first kappa shape index (κ1) is 18.0. The second-order valence-corrected chi connectivity index (χ2v) is 6.57. The van der Waals surface area contributed by atoms with E-state index in [-0.39, 0.29) is 5.91 Å². The average molecular weight is 356 g/mol. The third kappa shape index (κ3) is 6.93. The molecule has 0 saturated heterocycles. The first-order valence-electron chi connectivity index (χ1n) is 7.66. The zero-order valence-corrected chi connectivity index (χ0v) is 14.8. The van der Waals surface area contributed by atoms with Crippen molar-refractivity contribution in [3.8, 4) is 0 Å². The molecule has 0 aliphatic rings. The summed E-state index contributed by atoms with van der Waals surface area (Å²) in [7, 11) is 1.77. The van der Waals surface area contributed by atoms with E-state index >= 15 is 0 Å². The molecule has 0 radical (unpaired) electrons. The van der Waals surface area contributed by atoms with Gasteiger partial charge in [0, 0.05) is 24.3 Å². The highest BCUT2D eigenvalue weighted by Crippen LogP contribution is 2.17. The Kier molecular flexibility index (Phi) is 8.35.